The lowest BCUT2D eigenvalue weighted by molar-refractivity contribution is 0.221. The fourth-order valence-corrected chi connectivity index (χ4v) is 3.90. The number of aryl methyl sites for hydroxylation is 1. The molecule has 116 valence electrons. The van der Waals surface area contributed by atoms with Crippen LogP contribution in [0.15, 0.2) is 72.8 Å². The van der Waals surface area contributed by atoms with Gasteiger partial charge < -0.3 is 10.2 Å². The van der Waals surface area contributed by atoms with Gasteiger partial charge in [0, 0.05) is 5.30 Å². The maximum absolute atomic E-state index is 10.7. The molecular weight excluding hydrogens is 303 g/mol. The molecule has 3 heteroatoms. The molecule has 2 atom stereocenters. The van der Waals surface area contributed by atoms with Gasteiger partial charge in [-0.05, 0) is 35.5 Å². The fourth-order valence-electron chi connectivity index (χ4n) is 2.56. The van der Waals surface area contributed by atoms with Crippen molar-refractivity contribution >= 4 is 19.2 Å². The maximum atomic E-state index is 10.7. The molecule has 0 aliphatic rings. The zero-order valence-electron chi connectivity index (χ0n) is 12.9. The minimum absolute atomic E-state index is 0.298. The highest BCUT2D eigenvalue weighted by molar-refractivity contribution is 7.55. The number of aliphatic hydroxyl groups excluding tert-OH is 1. The van der Waals surface area contributed by atoms with Crippen LogP contribution in [-0.2, 0) is 0 Å². The van der Waals surface area contributed by atoms with Crippen LogP contribution in [0.5, 0.6) is 5.75 Å². The number of phenolic OH excluding ortho intramolecular Hbond substituents is 1. The molecule has 2 nitrogen and oxygen atoms in total. The third-order valence-corrected chi connectivity index (χ3v) is 5.19. The smallest absolute Gasteiger partial charge is 0.123 e. The van der Waals surface area contributed by atoms with E-state index in [0.29, 0.717) is 14.3 Å². The molecule has 0 heterocycles. The normalized spacial score (nSPS) is 12.6. The predicted molar refractivity (Wildman–Crippen MR) is 97.4 cm³/mol. The number of aromatic hydroxyl groups is 1. The van der Waals surface area contributed by atoms with Crippen LogP contribution in [0.4, 0.5) is 0 Å². The molecule has 0 radical (unpaired) electrons. The molecule has 0 aliphatic heterocycles. The summed E-state index contributed by atoms with van der Waals surface area (Å²) in [5.41, 5.74) is 2.88. The first-order chi connectivity index (χ1) is 11.1. The van der Waals surface area contributed by atoms with Crippen LogP contribution in [0.3, 0.4) is 0 Å². The molecule has 0 aromatic heterocycles. The highest BCUT2D eigenvalue weighted by Gasteiger charge is 2.15. The Bertz CT molecular complexity index is 800. The Balaban J connectivity index is 1.96. The van der Waals surface area contributed by atoms with E-state index in [0.717, 1.165) is 27.3 Å². The summed E-state index contributed by atoms with van der Waals surface area (Å²) in [5.74, 6) is 0.304. The first-order valence-corrected chi connectivity index (χ1v) is 8.54. The van der Waals surface area contributed by atoms with E-state index in [1.807, 2.05) is 73.7 Å². The van der Waals surface area contributed by atoms with Crippen molar-refractivity contribution in [2.45, 2.75) is 13.0 Å². The van der Waals surface area contributed by atoms with Crippen LogP contribution in [0.25, 0.3) is 0 Å². The van der Waals surface area contributed by atoms with Crippen molar-refractivity contribution in [1.82, 2.24) is 0 Å². The molecule has 3 aromatic carbocycles. The van der Waals surface area contributed by atoms with E-state index >= 15 is 0 Å². The number of benzene rings is 3. The number of aliphatic hydroxyl groups is 1. The third kappa shape index (κ3) is 3.61. The molecular formula is C20H19O2P. The van der Waals surface area contributed by atoms with Gasteiger partial charge in [-0.2, -0.15) is 0 Å². The summed E-state index contributed by atoms with van der Waals surface area (Å²) in [5, 5.41) is 22.8. The van der Waals surface area contributed by atoms with Crippen LogP contribution >= 0.6 is 8.58 Å². The van der Waals surface area contributed by atoms with Crippen LogP contribution in [0.1, 0.15) is 22.8 Å². The number of hydrogen-bond acceptors (Lipinski definition) is 2. The Kier molecular flexibility index (Phi) is 4.76. The second kappa shape index (κ2) is 6.95. The van der Waals surface area contributed by atoms with Gasteiger partial charge in [0.15, 0.2) is 0 Å². The van der Waals surface area contributed by atoms with Gasteiger partial charge in [-0.25, -0.2) is 0 Å². The summed E-state index contributed by atoms with van der Waals surface area (Å²) < 4.78 is 0. The Morgan fingerprint density at radius 1 is 0.826 bits per heavy atom. The zero-order valence-corrected chi connectivity index (χ0v) is 13.9. The maximum Gasteiger partial charge on any atom is 0.123 e. The van der Waals surface area contributed by atoms with Gasteiger partial charge in [-0.1, -0.05) is 74.8 Å². The summed E-state index contributed by atoms with van der Waals surface area (Å²) in [6, 6.07) is 23.1. The van der Waals surface area contributed by atoms with E-state index in [1.54, 1.807) is 6.07 Å². The molecule has 0 saturated heterocycles. The Morgan fingerprint density at radius 2 is 1.52 bits per heavy atom. The fraction of sp³-hybridized carbons (Fsp3) is 0.100. The van der Waals surface area contributed by atoms with Gasteiger partial charge in [0.1, 0.15) is 11.9 Å². The molecule has 3 rings (SSSR count). The van der Waals surface area contributed by atoms with E-state index in [4.69, 9.17) is 0 Å². The van der Waals surface area contributed by atoms with Gasteiger partial charge >= 0.3 is 0 Å². The molecule has 0 amide bonds. The quantitative estimate of drug-likeness (QED) is 0.723. The Labute approximate surface area is 138 Å². The minimum Gasteiger partial charge on any atom is -0.507 e. The first-order valence-electron chi connectivity index (χ1n) is 7.54. The van der Waals surface area contributed by atoms with Gasteiger partial charge in [0.05, 0.1) is 0 Å². The molecule has 0 spiro atoms. The summed E-state index contributed by atoms with van der Waals surface area (Å²) in [6.07, 6.45) is -0.660. The highest BCUT2D eigenvalue weighted by Crippen LogP contribution is 2.26. The van der Waals surface area contributed by atoms with Crippen molar-refractivity contribution in [1.29, 1.82) is 0 Å². The van der Waals surface area contributed by atoms with Crippen LogP contribution in [0.2, 0.25) is 0 Å². The SMILES string of the molecule is Cc1ccc(O)c(Pc2ccccc2C(O)c2ccccc2)c1. The van der Waals surface area contributed by atoms with E-state index in [9.17, 15) is 10.2 Å². The molecule has 2 unspecified atom stereocenters. The predicted octanol–water partition coefficient (Wildman–Crippen LogP) is 3.41. The average Bonchev–Trinajstić information content (AvgIpc) is 2.59. The lowest BCUT2D eigenvalue weighted by Gasteiger charge is -2.16. The highest BCUT2D eigenvalue weighted by atomic mass is 31.1. The largest absolute Gasteiger partial charge is 0.507 e. The third-order valence-electron chi connectivity index (χ3n) is 3.79. The Morgan fingerprint density at radius 3 is 2.30 bits per heavy atom. The molecule has 0 fully saturated rings. The van der Waals surface area contributed by atoms with Crippen molar-refractivity contribution in [3.8, 4) is 5.75 Å². The van der Waals surface area contributed by atoms with Gasteiger partial charge in [-0.3, -0.25) is 0 Å². The topological polar surface area (TPSA) is 40.5 Å². The first kappa shape index (κ1) is 15.7. The lowest BCUT2D eigenvalue weighted by Crippen LogP contribution is -2.14. The van der Waals surface area contributed by atoms with Gasteiger partial charge in [-0.15, -0.1) is 0 Å². The van der Waals surface area contributed by atoms with E-state index in [1.165, 1.54) is 0 Å². The second-order valence-electron chi connectivity index (χ2n) is 5.55. The van der Waals surface area contributed by atoms with E-state index < -0.39 is 6.10 Å². The average molecular weight is 322 g/mol. The second-order valence-corrected chi connectivity index (χ2v) is 6.87. The van der Waals surface area contributed by atoms with Crippen molar-refractivity contribution in [2.24, 2.45) is 0 Å². The Hall–Kier alpha value is -2.15. The molecule has 3 aromatic rings. The van der Waals surface area contributed by atoms with Gasteiger partial charge in [0.2, 0.25) is 0 Å². The number of hydrogen-bond donors (Lipinski definition) is 2. The van der Waals surface area contributed by atoms with Crippen LogP contribution in [0, 0.1) is 6.92 Å². The lowest BCUT2D eigenvalue weighted by atomic mass is 10.0. The monoisotopic (exact) mass is 322 g/mol. The zero-order chi connectivity index (χ0) is 16.2. The molecule has 2 N–H and O–H groups in total. The van der Waals surface area contributed by atoms with Crippen molar-refractivity contribution < 1.29 is 10.2 Å². The standard InChI is InChI=1S/C20H19O2P/c1-14-11-12-17(21)19(13-14)23-18-10-6-5-9-16(18)20(22)15-7-3-2-4-8-15/h2-13,20-23H,1H3. The van der Waals surface area contributed by atoms with Gasteiger partial charge in [0.25, 0.3) is 0 Å². The van der Waals surface area contributed by atoms with Crippen molar-refractivity contribution in [3.05, 3.63) is 89.5 Å². The summed E-state index contributed by atoms with van der Waals surface area (Å²) in [6.45, 7) is 2.01. The van der Waals surface area contributed by atoms with Crippen molar-refractivity contribution in [3.63, 3.8) is 0 Å². The number of rotatable bonds is 4. The summed E-state index contributed by atoms with van der Waals surface area (Å²) in [4.78, 5) is 0. The molecule has 23 heavy (non-hydrogen) atoms. The molecule has 0 aliphatic carbocycles. The summed E-state index contributed by atoms with van der Waals surface area (Å²) in [7, 11) is 0.298. The van der Waals surface area contributed by atoms with Crippen LogP contribution < -0.4 is 10.6 Å². The van der Waals surface area contributed by atoms with E-state index in [2.05, 4.69) is 0 Å². The van der Waals surface area contributed by atoms with Crippen molar-refractivity contribution in [2.75, 3.05) is 0 Å². The minimum atomic E-state index is -0.660. The van der Waals surface area contributed by atoms with Crippen LogP contribution in [-0.4, -0.2) is 10.2 Å². The molecule has 0 saturated carbocycles. The van der Waals surface area contributed by atoms with E-state index in [-0.39, 0.29) is 0 Å². The summed E-state index contributed by atoms with van der Waals surface area (Å²) >= 11 is 0. The number of phenols is 1. The molecule has 0 bridgehead atoms.